The first-order valence-electron chi connectivity index (χ1n) is 9.01. The zero-order valence-electron chi connectivity index (χ0n) is 17.8. The Kier molecular flexibility index (Phi) is 7.14. The smallest absolute Gasteiger partial charge is 0.302 e. The molecule has 0 fully saturated rings. The number of esters is 1. The van der Waals surface area contributed by atoms with Crippen LogP contribution in [0.2, 0.25) is 0 Å². The summed E-state index contributed by atoms with van der Waals surface area (Å²) >= 11 is 0. The van der Waals surface area contributed by atoms with Crippen molar-refractivity contribution in [3.63, 3.8) is 0 Å². The second kappa shape index (κ2) is 7.46. The third-order valence-corrected chi connectivity index (χ3v) is 5.56. The Hall–Kier alpha value is -1.04. The molecule has 0 saturated heterocycles. The lowest BCUT2D eigenvalue weighted by Crippen LogP contribution is -2.45. The van der Waals surface area contributed by atoms with Crippen LogP contribution < -0.4 is 0 Å². The molecular formula is C21H39NO2. The lowest BCUT2D eigenvalue weighted by Gasteiger charge is -2.48. The van der Waals surface area contributed by atoms with Gasteiger partial charge in [-0.05, 0) is 34.5 Å². The molecule has 2 atom stereocenters. The maximum absolute atomic E-state index is 11.5. The van der Waals surface area contributed by atoms with Crippen LogP contribution in [0.25, 0.3) is 0 Å². The number of hydrogen-bond acceptors (Lipinski definition) is 3. The normalized spacial score (nSPS) is 16.2. The van der Waals surface area contributed by atoms with Crippen molar-refractivity contribution in [2.75, 3.05) is 0 Å². The Morgan fingerprint density at radius 2 is 1.42 bits per heavy atom. The third kappa shape index (κ3) is 6.46. The minimum absolute atomic E-state index is 0.0505. The predicted octanol–water partition coefficient (Wildman–Crippen LogP) is 5.98. The Balaban J connectivity index is 5.58. The molecule has 24 heavy (non-hydrogen) atoms. The number of rotatable bonds is 6. The molecule has 3 nitrogen and oxygen atoms in total. The fourth-order valence-corrected chi connectivity index (χ4v) is 3.00. The van der Waals surface area contributed by atoms with Crippen molar-refractivity contribution in [1.29, 1.82) is 5.26 Å². The van der Waals surface area contributed by atoms with Gasteiger partial charge >= 0.3 is 5.97 Å². The molecule has 0 aliphatic rings. The van der Waals surface area contributed by atoms with Crippen molar-refractivity contribution < 1.29 is 9.53 Å². The molecule has 0 aromatic carbocycles. The topological polar surface area (TPSA) is 50.1 Å². The van der Waals surface area contributed by atoms with E-state index in [-0.39, 0.29) is 39.7 Å². The summed E-state index contributed by atoms with van der Waals surface area (Å²) in [4.78, 5) is 11.5. The molecule has 0 rings (SSSR count). The Labute approximate surface area is 150 Å². The highest BCUT2D eigenvalue weighted by Gasteiger charge is 2.47. The molecule has 0 spiro atoms. The average Bonchev–Trinajstić information content (AvgIpc) is 2.31. The molecule has 0 aliphatic carbocycles. The van der Waals surface area contributed by atoms with E-state index in [0.717, 1.165) is 12.8 Å². The van der Waals surface area contributed by atoms with Crippen LogP contribution in [-0.2, 0) is 9.53 Å². The van der Waals surface area contributed by atoms with Gasteiger partial charge in [0.05, 0.1) is 12.0 Å². The minimum atomic E-state index is -0.241. The quantitative estimate of drug-likeness (QED) is 0.560. The zero-order chi connectivity index (χ0) is 19.6. The second-order valence-electron chi connectivity index (χ2n) is 10.7. The first-order valence-corrected chi connectivity index (χ1v) is 9.01. The summed E-state index contributed by atoms with van der Waals surface area (Å²) in [5.41, 5.74) is -0.372. The summed E-state index contributed by atoms with van der Waals surface area (Å²) < 4.78 is 5.64. The van der Waals surface area contributed by atoms with E-state index in [1.54, 1.807) is 0 Å². The van der Waals surface area contributed by atoms with Crippen LogP contribution in [0.15, 0.2) is 0 Å². The van der Waals surface area contributed by atoms with E-state index in [9.17, 15) is 10.1 Å². The monoisotopic (exact) mass is 337 g/mol. The Morgan fingerprint density at radius 3 is 1.71 bits per heavy atom. The number of hydrogen-bond donors (Lipinski definition) is 0. The van der Waals surface area contributed by atoms with Crippen molar-refractivity contribution in [2.24, 2.45) is 27.6 Å². The molecule has 0 aromatic rings. The van der Waals surface area contributed by atoms with Crippen LogP contribution in [0.5, 0.6) is 0 Å². The highest BCUT2D eigenvalue weighted by Crippen LogP contribution is 2.51. The Bertz CT molecular complexity index is 470. The van der Waals surface area contributed by atoms with Crippen LogP contribution in [0, 0.1) is 38.9 Å². The van der Waals surface area contributed by atoms with Crippen molar-refractivity contribution in [2.45, 2.75) is 95.1 Å². The first-order chi connectivity index (χ1) is 10.4. The molecule has 0 aromatic heterocycles. The maximum atomic E-state index is 11.5. The standard InChI is InChI=1S/C21H39NO2/c1-15(23)24-17(19(5,6)7)13-20(8,9)21(10,11)16(14-22)12-18(2,3)4/h16-17H,12-13H2,1-11H3. The van der Waals surface area contributed by atoms with Gasteiger partial charge in [-0.25, -0.2) is 0 Å². The number of carbonyl (C=O) groups excluding carboxylic acids is 1. The number of nitriles is 1. The van der Waals surface area contributed by atoms with Crippen LogP contribution >= 0.6 is 0 Å². The van der Waals surface area contributed by atoms with Gasteiger partial charge in [-0.2, -0.15) is 5.26 Å². The molecule has 0 bridgehead atoms. The summed E-state index contributed by atoms with van der Waals surface area (Å²) in [7, 11) is 0. The largest absolute Gasteiger partial charge is 0.462 e. The molecule has 0 radical (unpaired) electrons. The van der Waals surface area contributed by atoms with Crippen LogP contribution in [0.4, 0.5) is 0 Å². The van der Waals surface area contributed by atoms with Gasteiger partial charge in [-0.3, -0.25) is 4.79 Å². The molecular weight excluding hydrogens is 298 g/mol. The van der Waals surface area contributed by atoms with Gasteiger partial charge in [0.1, 0.15) is 6.10 Å². The summed E-state index contributed by atoms with van der Waals surface area (Å²) in [6, 6.07) is 2.55. The summed E-state index contributed by atoms with van der Waals surface area (Å²) in [5.74, 6) is -0.291. The molecule has 2 unspecified atom stereocenters. The maximum Gasteiger partial charge on any atom is 0.302 e. The predicted molar refractivity (Wildman–Crippen MR) is 100 cm³/mol. The minimum Gasteiger partial charge on any atom is -0.462 e. The van der Waals surface area contributed by atoms with Crippen LogP contribution in [0.1, 0.15) is 89.0 Å². The van der Waals surface area contributed by atoms with Crippen LogP contribution in [-0.4, -0.2) is 12.1 Å². The van der Waals surface area contributed by atoms with Gasteiger partial charge in [0.25, 0.3) is 0 Å². The van der Waals surface area contributed by atoms with Crippen molar-refractivity contribution in [3.8, 4) is 6.07 Å². The molecule has 0 amide bonds. The van der Waals surface area contributed by atoms with E-state index in [1.807, 2.05) is 0 Å². The molecule has 140 valence electrons. The van der Waals surface area contributed by atoms with Crippen LogP contribution in [0.3, 0.4) is 0 Å². The Morgan fingerprint density at radius 1 is 0.958 bits per heavy atom. The van der Waals surface area contributed by atoms with Gasteiger partial charge < -0.3 is 4.74 Å². The van der Waals surface area contributed by atoms with Gasteiger partial charge in [-0.15, -0.1) is 0 Å². The third-order valence-electron chi connectivity index (χ3n) is 5.56. The van der Waals surface area contributed by atoms with E-state index >= 15 is 0 Å². The molecule has 0 heterocycles. The lowest BCUT2D eigenvalue weighted by atomic mass is 9.56. The molecule has 0 saturated carbocycles. The van der Waals surface area contributed by atoms with Crippen molar-refractivity contribution in [3.05, 3.63) is 0 Å². The van der Waals surface area contributed by atoms with E-state index in [0.29, 0.717) is 0 Å². The van der Waals surface area contributed by atoms with Crippen molar-refractivity contribution >= 4 is 5.97 Å². The van der Waals surface area contributed by atoms with Gasteiger partial charge in [0, 0.05) is 6.92 Å². The number of ether oxygens (including phenoxy) is 1. The average molecular weight is 338 g/mol. The zero-order valence-corrected chi connectivity index (χ0v) is 17.8. The lowest BCUT2D eigenvalue weighted by molar-refractivity contribution is -0.156. The second-order valence-corrected chi connectivity index (χ2v) is 10.7. The highest BCUT2D eigenvalue weighted by atomic mass is 16.5. The molecule has 3 heteroatoms. The molecule has 0 aliphatic heterocycles. The SMILES string of the molecule is CC(=O)OC(CC(C)(C)C(C)(C)C(C#N)CC(C)(C)C)C(C)(C)C. The van der Waals surface area contributed by atoms with E-state index in [4.69, 9.17) is 4.74 Å². The number of carbonyl (C=O) groups is 1. The summed E-state index contributed by atoms with van der Waals surface area (Å²) in [5, 5.41) is 9.79. The molecule has 0 N–H and O–H groups in total. The summed E-state index contributed by atoms with van der Waals surface area (Å²) in [6.45, 7) is 23.0. The van der Waals surface area contributed by atoms with Gasteiger partial charge in [-0.1, -0.05) is 69.2 Å². The van der Waals surface area contributed by atoms with Crippen molar-refractivity contribution in [1.82, 2.24) is 0 Å². The van der Waals surface area contributed by atoms with Gasteiger partial charge in [0.15, 0.2) is 0 Å². The number of nitrogens with zero attached hydrogens (tertiary/aromatic N) is 1. The van der Waals surface area contributed by atoms with E-state index < -0.39 is 0 Å². The fraction of sp³-hybridized carbons (Fsp3) is 0.905. The summed E-state index contributed by atoms with van der Waals surface area (Å²) in [6.07, 6.45) is 1.43. The first kappa shape index (κ1) is 23.0. The van der Waals surface area contributed by atoms with Gasteiger partial charge in [0.2, 0.25) is 0 Å². The fourth-order valence-electron chi connectivity index (χ4n) is 3.00. The highest BCUT2D eigenvalue weighted by molar-refractivity contribution is 5.66. The van der Waals surface area contributed by atoms with E-state index in [1.165, 1.54) is 6.92 Å². The van der Waals surface area contributed by atoms with E-state index in [2.05, 4.69) is 75.3 Å².